The van der Waals surface area contributed by atoms with Crippen molar-refractivity contribution in [3.8, 4) is 0 Å². The van der Waals surface area contributed by atoms with Crippen LogP contribution in [0.25, 0.3) is 0 Å². The summed E-state index contributed by atoms with van der Waals surface area (Å²) in [4.78, 5) is 12.8. The normalized spacial score (nSPS) is 11.6. The molecule has 0 saturated carbocycles. The van der Waals surface area contributed by atoms with Gasteiger partial charge in [0, 0.05) is 31.6 Å². The number of hydrogen-bond donors (Lipinski definition) is 2. The van der Waals surface area contributed by atoms with Crippen LogP contribution in [0.4, 0.5) is 0 Å². The number of methoxy groups -OCH3 is 1. The number of nitrogens with one attached hydrogen (secondary N) is 2. The van der Waals surface area contributed by atoms with Gasteiger partial charge in [0.25, 0.3) is 0 Å². The van der Waals surface area contributed by atoms with E-state index in [1.54, 1.807) is 7.11 Å². The highest BCUT2D eigenvalue weighted by Crippen LogP contribution is 2.29. The topological polar surface area (TPSA) is 50.4 Å². The summed E-state index contributed by atoms with van der Waals surface area (Å²) in [5, 5.41) is 6.57. The lowest BCUT2D eigenvalue weighted by molar-refractivity contribution is -0.120. The van der Waals surface area contributed by atoms with Gasteiger partial charge in [0.1, 0.15) is 0 Å². The lowest BCUT2D eigenvalue weighted by Crippen LogP contribution is -2.36. The van der Waals surface area contributed by atoms with Crippen molar-refractivity contribution in [3.63, 3.8) is 0 Å². The second-order valence-electron chi connectivity index (χ2n) is 4.22. The van der Waals surface area contributed by atoms with E-state index in [1.165, 1.54) is 11.8 Å². The number of carbonyl (C=O) groups is 1. The van der Waals surface area contributed by atoms with E-state index < -0.39 is 0 Å². The van der Waals surface area contributed by atoms with Crippen LogP contribution in [0.15, 0.2) is 29.2 Å². The third-order valence-corrected chi connectivity index (χ3v) is 4.21. The largest absolute Gasteiger partial charge is 0.383 e. The van der Waals surface area contributed by atoms with Gasteiger partial charge >= 0.3 is 0 Å². The molecule has 0 spiro atoms. The molecule has 0 aromatic heterocycles. The number of hydrogen-bond acceptors (Lipinski definition) is 4. The number of amides is 1. The zero-order valence-corrected chi connectivity index (χ0v) is 14.6. The molecule has 2 N–H and O–H groups in total. The molecule has 0 aliphatic carbocycles. The van der Waals surface area contributed by atoms with Gasteiger partial charge in [-0.25, -0.2) is 0 Å². The van der Waals surface area contributed by atoms with E-state index in [0.717, 1.165) is 18.0 Å². The van der Waals surface area contributed by atoms with E-state index in [1.807, 2.05) is 31.2 Å². The predicted octanol–water partition coefficient (Wildman–Crippen LogP) is 2.59. The molecule has 1 amide bonds. The fourth-order valence-electron chi connectivity index (χ4n) is 1.50. The fourth-order valence-corrected chi connectivity index (χ4v) is 2.68. The summed E-state index contributed by atoms with van der Waals surface area (Å²) in [6.07, 6.45) is 0. The summed E-state index contributed by atoms with van der Waals surface area (Å²) < 4.78 is 4.92. The maximum absolute atomic E-state index is 11.9. The van der Waals surface area contributed by atoms with Gasteiger partial charge in [0.15, 0.2) is 0 Å². The molecule has 21 heavy (non-hydrogen) atoms. The molecule has 1 aromatic rings. The quantitative estimate of drug-likeness (QED) is 0.529. The Morgan fingerprint density at radius 3 is 2.71 bits per heavy atom. The molecular weight excluding hydrogens is 331 g/mol. The molecule has 0 aliphatic rings. The summed E-state index contributed by atoms with van der Waals surface area (Å²) >= 11 is 7.54. The molecule has 0 bridgehead atoms. The minimum Gasteiger partial charge on any atom is -0.383 e. The molecule has 7 heteroatoms. The summed E-state index contributed by atoms with van der Waals surface area (Å²) in [7, 11) is 1.66. The van der Waals surface area contributed by atoms with E-state index in [4.69, 9.17) is 16.3 Å². The van der Waals surface area contributed by atoms with Crippen molar-refractivity contribution in [3.05, 3.63) is 29.3 Å². The summed E-state index contributed by atoms with van der Waals surface area (Å²) in [5.41, 5.74) is 0. The first-order valence-electron chi connectivity index (χ1n) is 6.53. The molecule has 1 rings (SSSR count). The smallest absolute Gasteiger partial charge is 0.233 e. The standard InChI is InChI=1S/C14H21ClN2O2S.ClH/c1-11(20-13-6-4-3-5-12(13)15)14(18)17-8-7-16-9-10-19-2;/h3-6,11,16H,7-10H2,1-2H3,(H,17,18);1H. The summed E-state index contributed by atoms with van der Waals surface area (Å²) in [5.74, 6) is 0.0171. The number of benzene rings is 1. The molecule has 0 fully saturated rings. The lowest BCUT2D eigenvalue weighted by atomic mass is 10.4. The molecule has 0 heterocycles. The third-order valence-electron chi connectivity index (χ3n) is 2.59. The van der Waals surface area contributed by atoms with Gasteiger partial charge < -0.3 is 15.4 Å². The van der Waals surface area contributed by atoms with Gasteiger partial charge in [-0.05, 0) is 19.1 Å². The number of carbonyl (C=O) groups excluding carboxylic acids is 1. The molecule has 0 saturated heterocycles. The predicted molar refractivity (Wildman–Crippen MR) is 91.8 cm³/mol. The number of thioether (sulfide) groups is 1. The zero-order valence-electron chi connectivity index (χ0n) is 12.2. The van der Waals surface area contributed by atoms with Gasteiger partial charge in [0.05, 0.1) is 16.9 Å². The van der Waals surface area contributed by atoms with Crippen LogP contribution in [0, 0.1) is 0 Å². The van der Waals surface area contributed by atoms with Gasteiger partial charge in [0.2, 0.25) is 5.91 Å². The Kier molecular flexibility index (Phi) is 11.9. The third kappa shape index (κ3) is 8.53. The minimum atomic E-state index is -0.172. The number of ether oxygens (including phenoxy) is 1. The van der Waals surface area contributed by atoms with Crippen LogP contribution in [0.3, 0.4) is 0 Å². The van der Waals surface area contributed by atoms with Crippen LogP contribution >= 0.6 is 35.8 Å². The number of halogens is 2. The highest BCUT2D eigenvalue weighted by atomic mass is 35.5. The van der Waals surface area contributed by atoms with E-state index in [0.29, 0.717) is 18.2 Å². The van der Waals surface area contributed by atoms with E-state index in [2.05, 4.69) is 10.6 Å². The van der Waals surface area contributed by atoms with Crippen molar-refractivity contribution >= 4 is 41.7 Å². The Hall–Kier alpha value is -0.460. The van der Waals surface area contributed by atoms with Crippen molar-refractivity contribution < 1.29 is 9.53 Å². The average Bonchev–Trinajstić information content (AvgIpc) is 2.44. The van der Waals surface area contributed by atoms with Crippen molar-refractivity contribution in [1.82, 2.24) is 10.6 Å². The van der Waals surface area contributed by atoms with E-state index in [9.17, 15) is 4.79 Å². The Balaban J connectivity index is 0.00000400. The minimum absolute atomic E-state index is 0. The van der Waals surface area contributed by atoms with Gasteiger partial charge in [-0.15, -0.1) is 24.2 Å². The Labute approximate surface area is 141 Å². The molecule has 0 radical (unpaired) electrons. The van der Waals surface area contributed by atoms with Crippen molar-refractivity contribution in [2.24, 2.45) is 0 Å². The highest BCUT2D eigenvalue weighted by Gasteiger charge is 2.14. The van der Waals surface area contributed by atoms with Gasteiger partial charge in [-0.3, -0.25) is 4.79 Å². The first-order chi connectivity index (χ1) is 9.65. The van der Waals surface area contributed by atoms with Crippen LogP contribution in [0.2, 0.25) is 5.02 Å². The monoisotopic (exact) mass is 352 g/mol. The van der Waals surface area contributed by atoms with Crippen LogP contribution in [0.1, 0.15) is 6.92 Å². The van der Waals surface area contributed by atoms with Crippen LogP contribution in [-0.4, -0.2) is 44.5 Å². The lowest BCUT2D eigenvalue weighted by Gasteiger charge is -2.13. The first kappa shape index (κ1) is 20.5. The van der Waals surface area contributed by atoms with E-state index in [-0.39, 0.29) is 23.6 Å². The molecular formula is C14H22Cl2N2O2S. The maximum atomic E-state index is 11.9. The van der Waals surface area contributed by atoms with Crippen LogP contribution in [-0.2, 0) is 9.53 Å². The van der Waals surface area contributed by atoms with Gasteiger partial charge in [-0.1, -0.05) is 23.7 Å². The Morgan fingerprint density at radius 2 is 2.05 bits per heavy atom. The average molecular weight is 353 g/mol. The highest BCUT2D eigenvalue weighted by molar-refractivity contribution is 8.00. The zero-order chi connectivity index (χ0) is 14.8. The summed E-state index contributed by atoms with van der Waals surface area (Å²) in [6.45, 7) is 4.68. The molecule has 1 unspecified atom stereocenters. The second-order valence-corrected chi connectivity index (χ2v) is 6.01. The van der Waals surface area contributed by atoms with Crippen LogP contribution in [0.5, 0.6) is 0 Å². The second kappa shape index (κ2) is 12.1. The molecule has 0 aliphatic heterocycles. The molecule has 120 valence electrons. The SMILES string of the molecule is COCCNCCNC(=O)C(C)Sc1ccccc1Cl.Cl. The first-order valence-corrected chi connectivity index (χ1v) is 7.79. The molecule has 1 atom stereocenters. The van der Waals surface area contributed by atoms with Crippen molar-refractivity contribution in [2.45, 2.75) is 17.1 Å². The molecule has 4 nitrogen and oxygen atoms in total. The molecule has 1 aromatic carbocycles. The van der Waals surface area contributed by atoms with Crippen molar-refractivity contribution in [1.29, 1.82) is 0 Å². The fraction of sp³-hybridized carbons (Fsp3) is 0.500. The van der Waals surface area contributed by atoms with Crippen LogP contribution < -0.4 is 10.6 Å². The Morgan fingerprint density at radius 1 is 1.33 bits per heavy atom. The summed E-state index contributed by atoms with van der Waals surface area (Å²) in [6, 6.07) is 7.54. The van der Waals surface area contributed by atoms with Crippen molar-refractivity contribution in [2.75, 3.05) is 33.4 Å². The van der Waals surface area contributed by atoms with E-state index >= 15 is 0 Å². The van der Waals surface area contributed by atoms with Gasteiger partial charge in [-0.2, -0.15) is 0 Å². The Bertz CT molecular complexity index is 422. The maximum Gasteiger partial charge on any atom is 0.233 e. The number of rotatable bonds is 9.